The summed E-state index contributed by atoms with van der Waals surface area (Å²) in [6.07, 6.45) is 3.47. The molecule has 5 nitrogen and oxygen atoms in total. The van der Waals surface area contributed by atoms with Gasteiger partial charge in [0.05, 0.1) is 19.8 Å². The highest BCUT2D eigenvalue weighted by atomic mass is 16.5. The molecule has 1 aliphatic heterocycles. The third-order valence-electron chi connectivity index (χ3n) is 3.26. The van der Waals surface area contributed by atoms with Gasteiger partial charge in [-0.2, -0.15) is 0 Å². The van der Waals surface area contributed by atoms with Crippen LogP contribution in [0.5, 0.6) is 11.5 Å². The number of methoxy groups -OCH3 is 2. The monoisotopic (exact) mass is 264 g/mol. The van der Waals surface area contributed by atoms with Crippen LogP contribution in [-0.4, -0.2) is 38.2 Å². The van der Waals surface area contributed by atoms with Crippen LogP contribution < -0.4 is 14.9 Å². The quantitative estimate of drug-likeness (QED) is 0.901. The van der Waals surface area contributed by atoms with E-state index in [2.05, 4.69) is 5.43 Å². The highest BCUT2D eigenvalue weighted by Gasteiger charge is 2.19. The standard InChI is InChI=1S/C14H20N2O3/c1-18-12-8-6-7-11(13(12)19-2)14(17)15-16-9-4-3-5-10-16/h6-8H,3-5,9-10H2,1-2H3,(H,15,17). The van der Waals surface area contributed by atoms with E-state index in [9.17, 15) is 4.79 Å². The molecule has 0 aliphatic carbocycles. The fourth-order valence-electron chi connectivity index (χ4n) is 2.28. The van der Waals surface area contributed by atoms with Gasteiger partial charge >= 0.3 is 0 Å². The number of carbonyl (C=O) groups is 1. The number of para-hydroxylation sites is 1. The van der Waals surface area contributed by atoms with Crippen LogP contribution in [0.2, 0.25) is 0 Å². The molecule has 1 saturated heterocycles. The van der Waals surface area contributed by atoms with Crippen molar-refractivity contribution < 1.29 is 14.3 Å². The maximum absolute atomic E-state index is 12.3. The summed E-state index contributed by atoms with van der Waals surface area (Å²) in [6, 6.07) is 5.30. The van der Waals surface area contributed by atoms with E-state index in [0.29, 0.717) is 17.1 Å². The molecule has 1 aliphatic rings. The SMILES string of the molecule is COc1cccc(C(=O)NN2CCCCC2)c1OC. The van der Waals surface area contributed by atoms with Crippen LogP contribution in [0.25, 0.3) is 0 Å². The van der Waals surface area contributed by atoms with E-state index >= 15 is 0 Å². The molecule has 0 radical (unpaired) electrons. The lowest BCUT2D eigenvalue weighted by atomic mass is 10.1. The molecule has 0 spiro atoms. The Morgan fingerprint density at radius 1 is 1.16 bits per heavy atom. The van der Waals surface area contributed by atoms with Crippen molar-refractivity contribution in [3.63, 3.8) is 0 Å². The average molecular weight is 264 g/mol. The molecule has 5 heteroatoms. The van der Waals surface area contributed by atoms with Crippen molar-refractivity contribution in [3.05, 3.63) is 23.8 Å². The number of hydrogen-bond acceptors (Lipinski definition) is 4. The summed E-state index contributed by atoms with van der Waals surface area (Å²) >= 11 is 0. The van der Waals surface area contributed by atoms with E-state index in [1.807, 2.05) is 5.01 Å². The van der Waals surface area contributed by atoms with Crippen molar-refractivity contribution in [1.29, 1.82) is 0 Å². The zero-order valence-corrected chi connectivity index (χ0v) is 11.4. The van der Waals surface area contributed by atoms with Gasteiger partial charge in [0.25, 0.3) is 5.91 Å². The van der Waals surface area contributed by atoms with Gasteiger partial charge in [-0.15, -0.1) is 0 Å². The van der Waals surface area contributed by atoms with Crippen LogP contribution in [0.15, 0.2) is 18.2 Å². The van der Waals surface area contributed by atoms with E-state index < -0.39 is 0 Å². The summed E-state index contributed by atoms with van der Waals surface area (Å²) < 4.78 is 10.5. The predicted molar refractivity (Wildman–Crippen MR) is 72.4 cm³/mol. The number of piperidine rings is 1. The van der Waals surface area contributed by atoms with Crippen LogP contribution in [0, 0.1) is 0 Å². The van der Waals surface area contributed by atoms with Crippen molar-refractivity contribution in [2.45, 2.75) is 19.3 Å². The number of rotatable bonds is 4. The largest absolute Gasteiger partial charge is 0.493 e. The molecule has 0 unspecified atom stereocenters. The van der Waals surface area contributed by atoms with Crippen LogP contribution in [0.1, 0.15) is 29.6 Å². The second-order valence-electron chi connectivity index (χ2n) is 4.53. The van der Waals surface area contributed by atoms with E-state index in [1.54, 1.807) is 25.3 Å². The first-order valence-corrected chi connectivity index (χ1v) is 6.53. The maximum atomic E-state index is 12.3. The first-order valence-electron chi connectivity index (χ1n) is 6.53. The van der Waals surface area contributed by atoms with E-state index in [0.717, 1.165) is 25.9 Å². The molecule has 1 aromatic rings. The van der Waals surface area contributed by atoms with Crippen molar-refractivity contribution in [1.82, 2.24) is 10.4 Å². The number of hydrazine groups is 1. The molecule has 1 fully saturated rings. The zero-order chi connectivity index (χ0) is 13.7. The fraction of sp³-hybridized carbons (Fsp3) is 0.500. The minimum Gasteiger partial charge on any atom is -0.493 e. The van der Waals surface area contributed by atoms with Gasteiger partial charge in [-0.25, -0.2) is 5.01 Å². The van der Waals surface area contributed by atoms with Crippen molar-refractivity contribution in [2.24, 2.45) is 0 Å². The van der Waals surface area contributed by atoms with Crippen LogP contribution >= 0.6 is 0 Å². The highest BCUT2D eigenvalue weighted by Crippen LogP contribution is 2.30. The first kappa shape index (κ1) is 13.7. The number of hydrogen-bond donors (Lipinski definition) is 1. The van der Waals surface area contributed by atoms with Crippen LogP contribution in [0.3, 0.4) is 0 Å². The number of nitrogens with one attached hydrogen (secondary N) is 1. The lowest BCUT2D eigenvalue weighted by Crippen LogP contribution is -2.45. The number of nitrogens with zero attached hydrogens (tertiary/aromatic N) is 1. The van der Waals surface area contributed by atoms with Crippen LogP contribution in [0.4, 0.5) is 0 Å². The van der Waals surface area contributed by atoms with Gasteiger partial charge in [0, 0.05) is 13.1 Å². The van der Waals surface area contributed by atoms with Gasteiger partial charge in [-0.1, -0.05) is 12.5 Å². The molecule has 104 valence electrons. The summed E-state index contributed by atoms with van der Waals surface area (Å²) in [5.74, 6) is 0.881. The lowest BCUT2D eigenvalue weighted by Gasteiger charge is -2.27. The van der Waals surface area contributed by atoms with Crippen LogP contribution in [-0.2, 0) is 0 Å². The summed E-state index contributed by atoms with van der Waals surface area (Å²) in [5, 5.41) is 1.96. The smallest absolute Gasteiger partial charge is 0.269 e. The Labute approximate surface area is 113 Å². The van der Waals surface area contributed by atoms with Crippen molar-refractivity contribution in [2.75, 3.05) is 27.3 Å². The highest BCUT2D eigenvalue weighted by molar-refractivity contribution is 5.97. The van der Waals surface area contributed by atoms with Crippen molar-refractivity contribution >= 4 is 5.91 Å². The van der Waals surface area contributed by atoms with Gasteiger partial charge in [-0.3, -0.25) is 10.2 Å². The molecule has 0 saturated carbocycles. The second kappa shape index (κ2) is 6.43. The molecule has 0 atom stereocenters. The van der Waals surface area contributed by atoms with E-state index in [1.165, 1.54) is 13.5 Å². The Kier molecular flexibility index (Phi) is 4.63. The minimum absolute atomic E-state index is 0.155. The number of amides is 1. The molecular formula is C14H20N2O3. The molecule has 19 heavy (non-hydrogen) atoms. The third kappa shape index (κ3) is 3.17. The Hall–Kier alpha value is -1.75. The molecular weight excluding hydrogens is 244 g/mol. The van der Waals surface area contributed by atoms with Gasteiger partial charge in [0.1, 0.15) is 0 Å². The average Bonchev–Trinajstić information content (AvgIpc) is 2.47. The lowest BCUT2D eigenvalue weighted by molar-refractivity contribution is 0.0746. The summed E-state index contributed by atoms with van der Waals surface area (Å²) in [6.45, 7) is 1.80. The van der Waals surface area contributed by atoms with Gasteiger partial charge in [-0.05, 0) is 25.0 Å². The maximum Gasteiger partial charge on any atom is 0.269 e. The minimum atomic E-state index is -0.155. The topological polar surface area (TPSA) is 50.8 Å². The normalized spacial score (nSPS) is 15.9. The molecule has 0 bridgehead atoms. The fourth-order valence-corrected chi connectivity index (χ4v) is 2.28. The Bertz CT molecular complexity index is 442. The van der Waals surface area contributed by atoms with Crippen molar-refractivity contribution in [3.8, 4) is 11.5 Å². The predicted octanol–water partition coefficient (Wildman–Crippen LogP) is 1.83. The number of benzene rings is 1. The summed E-state index contributed by atoms with van der Waals surface area (Å²) in [4.78, 5) is 12.3. The van der Waals surface area contributed by atoms with Gasteiger partial charge in [0.15, 0.2) is 11.5 Å². The van der Waals surface area contributed by atoms with E-state index in [4.69, 9.17) is 9.47 Å². The Morgan fingerprint density at radius 3 is 2.53 bits per heavy atom. The zero-order valence-electron chi connectivity index (χ0n) is 11.4. The molecule has 2 rings (SSSR count). The molecule has 1 aromatic carbocycles. The third-order valence-corrected chi connectivity index (χ3v) is 3.26. The number of ether oxygens (including phenoxy) is 2. The molecule has 0 aromatic heterocycles. The molecule has 1 N–H and O–H groups in total. The Morgan fingerprint density at radius 2 is 1.89 bits per heavy atom. The summed E-state index contributed by atoms with van der Waals surface area (Å²) in [5.41, 5.74) is 3.41. The Balaban J connectivity index is 2.13. The first-order chi connectivity index (χ1) is 9.26. The molecule has 1 heterocycles. The van der Waals surface area contributed by atoms with Gasteiger partial charge in [0.2, 0.25) is 0 Å². The van der Waals surface area contributed by atoms with E-state index in [-0.39, 0.29) is 5.91 Å². The summed E-state index contributed by atoms with van der Waals surface area (Å²) in [7, 11) is 3.10. The molecule has 1 amide bonds. The second-order valence-corrected chi connectivity index (χ2v) is 4.53. The number of carbonyl (C=O) groups excluding carboxylic acids is 1. The van der Waals surface area contributed by atoms with Gasteiger partial charge < -0.3 is 9.47 Å².